The molecule has 7 N–H and O–H groups in total. The number of nitrogens with two attached hydrogens (primary N) is 1. The number of aromatic nitrogens is 8. The number of halogens is 1. The number of anilines is 1. The van der Waals surface area contributed by atoms with Crippen LogP contribution in [-0.2, 0) is 32.0 Å². The quantitative estimate of drug-likeness (QED) is 0.113. The fourth-order valence-corrected chi connectivity index (χ4v) is 7.94. The minimum Gasteiger partial charge on any atom is -0.390 e. The van der Waals surface area contributed by atoms with Crippen LogP contribution in [-0.4, -0.2) is 103 Å². The molecule has 10 atom stereocenters. The fraction of sp³-hybridized carbons (Fsp3) is 0.524. The standard InChI is InChI=1S/C21H24ClN9O12P2/c22-16-10-17(25-4-24-16)31(6-26-10)20-13(33)15-9(41-20)3-40-45(37,38)42-14-8(1-7(12(14)32)2-39-44(35,36)43-15)30-5-27-11-18(30)28-21(23)29-19(11)34/h4-9,12-15,20,32-33H,1-3H2,(H,35,36)(H,37,38)(H3,23,28,29,34)/t7-,8-,9-,12?,13?,14?,15?,20-/m1/s1. The van der Waals surface area contributed by atoms with Crippen LogP contribution >= 0.6 is 27.2 Å². The lowest BCUT2D eigenvalue weighted by atomic mass is 10.1. The lowest BCUT2D eigenvalue weighted by molar-refractivity contribution is -0.0552. The number of nitrogen functional groups attached to an aromatic ring is 1. The molecule has 4 aromatic heterocycles. The molecule has 3 aliphatic rings. The van der Waals surface area contributed by atoms with E-state index in [0.717, 1.165) is 6.33 Å². The average Bonchev–Trinajstić information content (AvgIpc) is 3.72. The van der Waals surface area contributed by atoms with Crippen LogP contribution in [0.5, 0.6) is 0 Å². The number of nitrogens with zero attached hydrogens (tertiary/aromatic N) is 7. The van der Waals surface area contributed by atoms with E-state index in [0.29, 0.717) is 0 Å². The summed E-state index contributed by atoms with van der Waals surface area (Å²) in [5, 5.41) is 22.3. The fourth-order valence-electron chi connectivity index (χ4n) is 5.79. The van der Waals surface area contributed by atoms with E-state index in [1.54, 1.807) is 0 Å². The number of hydrogen-bond acceptors (Lipinski definition) is 16. The largest absolute Gasteiger partial charge is 0.472 e. The molecule has 3 fully saturated rings. The summed E-state index contributed by atoms with van der Waals surface area (Å²) in [6, 6.07) is -0.997. The summed E-state index contributed by atoms with van der Waals surface area (Å²) in [6.45, 7) is -1.39. The van der Waals surface area contributed by atoms with Crippen molar-refractivity contribution >= 4 is 55.5 Å². The molecule has 1 saturated carbocycles. The Morgan fingerprint density at radius 2 is 1.62 bits per heavy atom. The van der Waals surface area contributed by atoms with Gasteiger partial charge in [-0.15, -0.1) is 0 Å². The van der Waals surface area contributed by atoms with E-state index >= 15 is 0 Å². The van der Waals surface area contributed by atoms with Crippen LogP contribution in [0, 0.1) is 5.92 Å². The normalized spacial score (nSPS) is 37.7. The molecule has 2 saturated heterocycles. The molecule has 1 aliphatic carbocycles. The van der Waals surface area contributed by atoms with Crippen LogP contribution in [0.2, 0.25) is 5.15 Å². The maximum Gasteiger partial charge on any atom is 0.472 e. The van der Waals surface area contributed by atoms with Gasteiger partial charge in [0.15, 0.2) is 28.2 Å². The van der Waals surface area contributed by atoms with Crippen molar-refractivity contribution in [2.24, 2.45) is 5.92 Å². The highest BCUT2D eigenvalue weighted by molar-refractivity contribution is 7.47. The number of nitrogens with one attached hydrogen (secondary N) is 1. The lowest BCUT2D eigenvalue weighted by Gasteiger charge is -2.26. The maximum atomic E-state index is 13.2. The van der Waals surface area contributed by atoms with Gasteiger partial charge >= 0.3 is 15.6 Å². The zero-order chi connectivity index (χ0) is 31.8. The SMILES string of the molecule is Nc1nc2c(ncn2[C@@H]2C[C@@H]3COP(=O)(O)OC4C(O)[C@H](n5cnc6c(Cl)ncnc65)O[C@@H]4COP(=O)(O)OC2C3O)c(=O)[nH]1. The molecule has 4 aromatic rings. The number of aromatic amines is 1. The average molecular weight is 692 g/mol. The van der Waals surface area contributed by atoms with Crippen LogP contribution < -0.4 is 11.3 Å². The van der Waals surface area contributed by atoms with Crippen molar-refractivity contribution in [3.05, 3.63) is 34.5 Å². The Bertz CT molecular complexity index is 1940. The smallest absolute Gasteiger partial charge is 0.390 e. The molecule has 6 unspecified atom stereocenters. The van der Waals surface area contributed by atoms with Crippen molar-refractivity contribution in [2.45, 2.75) is 49.2 Å². The summed E-state index contributed by atoms with van der Waals surface area (Å²) in [7, 11) is -10.0. The number of fused-ring (bicyclic) bond motifs is 5. The molecule has 2 aliphatic heterocycles. The Kier molecular flexibility index (Phi) is 7.59. The predicted octanol–water partition coefficient (Wildman–Crippen LogP) is -0.607. The van der Waals surface area contributed by atoms with Crippen molar-refractivity contribution in [1.82, 2.24) is 39.0 Å². The molecule has 6 heterocycles. The molecule has 24 heteroatoms. The summed E-state index contributed by atoms with van der Waals surface area (Å²) >= 11 is 6.07. The van der Waals surface area contributed by atoms with Crippen molar-refractivity contribution in [1.29, 1.82) is 0 Å². The van der Waals surface area contributed by atoms with Crippen molar-refractivity contribution < 1.29 is 52.0 Å². The van der Waals surface area contributed by atoms with Gasteiger partial charge in [-0.2, -0.15) is 4.98 Å². The lowest BCUT2D eigenvalue weighted by Crippen LogP contribution is -2.36. The van der Waals surface area contributed by atoms with Gasteiger partial charge in [-0.1, -0.05) is 11.6 Å². The predicted molar refractivity (Wildman–Crippen MR) is 147 cm³/mol. The molecule has 242 valence electrons. The summed E-state index contributed by atoms with van der Waals surface area (Å²) < 4.78 is 56.0. The number of imidazole rings is 2. The molecule has 7 rings (SSSR count). The second kappa shape index (κ2) is 11.1. The summed E-state index contributed by atoms with van der Waals surface area (Å²) in [6.07, 6.45) is -5.60. The van der Waals surface area contributed by atoms with Gasteiger partial charge in [0.05, 0.1) is 38.0 Å². The van der Waals surface area contributed by atoms with E-state index in [4.69, 9.17) is 40.2 Å². The van der Waals surface area contributed by atoms with Gasteiger partial charge in [0.2, 0.25) is 5.95 Å². The number of phosphoric ester groups is 2. The van der Waals surface area contributed by atoms with E-state index in [9.17, 15) is 33.9 Å². The third kappa shape index (κ3) is 5.47. The second-order valence-corrected chi connectivity index (χ2v) is 13.7. The Balaban J connectivity index is 1.21. The number of rotatable bonds is 2. The van der Waals surface area contributed by atoms with Crippen molar-refractivity contribution in [2.75, 3.05) is 18.9 Å². The number of phosphoric acid groups is 2. The summed E-state index contributed by atoms with van der Waals surface area (Å²) in [5.41, 5.74) is 5.27. The van der Waals surface area contributed by atoms with Gasteiger partial charge in [0.1, 0.15) is 36.3 Å². The molecule has 0 aromatic carbocycles. The molecule has 45 heavy (non-hydrogen) atoms. The third-order valence-corrected chi connectivity index (χ3v) is 10.1. The second-order valence-electron chi connectivity index (χ2n) is 10.5. The van der Waals surface area contributed by atoms with E-state index in [1.165, 1.54) is 21.8 Å². The van der Waals surface area contributed by atoms with E-state index < -0.39 is 83.1 Å². The van der Waals surface area contributed by atoms with Crippen LogP contribution in [0.3, 0.4) is 0 Å². The molecule has 21 nitrogen and oxygen atoms in total. The van der Waals surface area contributed by atoms with Crippen molar-refractivity contribution in [3.63, 3.8) is 0 Å². The van der Waals surface area contributed by atoms with Gasteiger partial charge in [-0.05, 0) is 6.42 Å². The van der Waals surface area contributed by atoms with Crippen LogP contribution in [0.25, 0.3) is 22.3 Å². The summed E-state index contributed by atoms with van der Waals surface area (Å²) in [4.78, 5) is 56.1. The van der Waals surface area contributed by atoms with E-state index in [1.807, 2.05) is 0 Å². The van der Waals surface area contributed by atoms with Crippen LogP contribution in [0.15, 0.2) is 23.8 Å². The van der Waals surface area contributed by atoms with Crippen molar-refractivity contribution in [3.8, 4) is 0 Å². The van der Waals surface area contributed by atoms with Gasteiger partial charge < -0.3 is 35.0 Å². The first kappa shape index (κ1) is 30.7. The number of hydrogen-bond donors (Lipinski definition) is 6. The highest BCUT2D eigenvalue weighted by Crippen LogP contribution is 2.55. The minimum atomic E-state index is -5.03. The Morgan fingerprint density at radius 1 is 0.933 bits per heavy atom. The number of aliphatic hydroxyl groups is 2. The topological polar surface area (TPSA) is 294 Å². The molecule has 0 radical (unpaired) electrons. The first-order chi connectivity index (χ1) is 21.3. The zero-order valence-electron chi connectivity index (χ0n) is 22.5. The van der Waals surface area contributed by atoms with E-state index in [-0.39, 0.29) is 39.9 Å². The highest BCUT2D eigenvalue weighted by Gasteiger charge is 2.53. The Labute approximate surface area is 255 Å². The summed E-state index contributed by atoms with van der Waals surface area (Å²) in [5.74, 6) is -1.20. The highest BCUT2D eigenvalue weighted by atomic mass is 35.5. The molecule has 2 bridgehead atoms. The third-order valence-electron chi connectivity index (χ3n) is 7.81. The maximum absolute atomic E-state index is 13.2. The first-order valence-corrected chi connectivity index (χ1v) is 16.6. The van der Waals surface area contributed by atoms with Gasteiger partial charge in [-0.3, -0.25) is 32.4 Å². The van der Waals surface area contributed by atoms with Gasteiger partial charge in [-0.25, -0.2) is 29.1 Å². The molecule has 0 amide bonds. The number of H-pyrrole nitrogens is 1. The Morgan fingerprint density at radius 3 is 2.40 bits per heavy atom. The first-order valence-electron chi connectivity index (χ1n) is 13.2. The monoisotopic (exact) mass is 691 g/mol. The van der Waals surface area contributed by atoms with Gasteiger partial charge in [0, 0.05) is 5.92 Å². The van der Waals surface area contributed by atoms with Gasteiger partial charge in [0.25, 0.3) is 5.56 Å². The molecule has 0 spiro atoms. The zero-order valence-corrected chi connectivity index (χ0v) is 25.1. The minimum absolute atomic E-state index is 0.00426. The van der Waals surface area contributed by atoms with Crippen LogP contribution in [0.4, 0.5) is 5.95 Å². The molecular formula is C21H24ClN9O12P2. The Hall–Kier alpha value is -2.91. The van der Waals surface area contributed by atoms with Crippen LogP contribution in [0.1, 0.15) is 18.7 Å². The number of aliphatic hydroxyl groups excluding tert-OH is 2. The van der Waals surface area contributed by atoms with E-state index in [2.05, 4.69) is 29.9 Å². The molecular weight excluding hydrogens is 668 g/mol. The number of ether oxygens (including phenoxy) is 1.